The van der Waals surface area contributed by atoms with Crippen LogP contribution in [0.3, 0.4) is 0 Å². The molecule has 1 N–H and O–H groups in total. The molecule has 2 atom stereocenters. The van der Waals surface area contributed by atoms with Gasteiger partial charge in [-0.3, -0.25) is 9.69 Å². The van der Waals surface area contributed by atoms with E-state index in [4.69, 9.17) is 10.00 Å². The van der Waals surface area contributed by atoms with Crippen LogP contribution in [-0.2, 0) is 14.8 Å². The molecule has 2 aromatic carbocycles. The maximum Gasteiger partial charge on any atom is 0.243 e. The quantitative estimate of drug-likeness (QED) is 0.717. The number of hydrogen-bond donors (Lipinski definition) is 1. The standard InChI is InChI=1S/C23H28N4O4S/c1-16-13-26(15-23(28)25-21-9-6-10-22(31-4)18(21)3)14-17(2)27(16)32(29,30)20-8-5-7-19(11-20)12-24/h5-11,16-17H,13-15H2,1-4H3,(H,25,28)/t16-,17+. The van der Waals surface area contributed by atoms with Crippen molar-refractivity contribution in [3.8, 4) is 11.8 Å². The van der Waals surface area contributed by atoms with E-state index in [2.05, 4.69) is 5.32 Å². The topological polar surface area (TPSA) is 103 Å². The third-order valence-electron chi connectivity index (χ3n) is 5.60. The van der Waals surface area contributed by atoms with Crippen LogP contribution in [0, 0.1) is 18.3 Å². The number of methoxy groups -OCH3 is 1. The molecule has 2 aromatic rings. The molecule has 32 heavy (non-hydrogen) atoms. The Balaban J connectivity index is 1.69. The average Bonchev–Trinajstić information content (AvgIpc) is 2.74. The fraction of sp³-hybridized carbons (Fsp3) is 0.391. The van der Waals surface area contributed by atoms with Crippen molar-refractivity contribution in [1.29, 1.82) is 5.26 Å². The number of carbonyl (C=O) groups excluding carboxylic acids is 1. The van der Waals surface area contributed by atoms with Gasteiger partial charge in [-0.1, -0.05) is 12.1 Å². The second kappa shape index (κ2) is 9.69. The predicted molar refractivity (Wildman–Crippen MR) is 122 cm³/mol. The second-order valence-corrected chi connectivity index (χ2v) is 9.89. The number of nitriles is 1. The van der Waals surface area contributed by atoms with Gasteiger partial charge in [0.15, 0.2) is 0 Å². The van der Waals surface area contributed by atoms with Gasteiger partial charge in [0.25, 0.3) is 0 Å². The fourth-order valence-corrected chi connectivity index (χ4v) is 6.08. The first-order chi connectivity index (χ1) is 15.2. The Morgan fingerprint density at radius 1 is 1.19 bits per heavy atom. The number of anilines is 1. The zero-order chi connectivity index (χ0) is 23.5. The van der Waals surface area contributed by atoms with Crippen LogP contribution in [0.2, 0.25) is 0 Å². The summed E-state index contributed by atoms with van der Waals surface area (Å²) in [5.74, 6) is 0.531. The molecule has 0 radical (unpaired) electrons. The lowest BCUT2D eigenvalue weighted by Gasteiger charge is -2.43. The molecule has 1 amide bonds. The highest BCUT2D eigenvalue weighted by Gasteiger charge is 2.38. The van der Waals surface area contributed by atoms with Crippen molar-refractivity contribution in [3.05, 3.63) is 53.6 Å². The van der Waals surface area contributed by atoms with Gasteiger partial charge in [0.2, 0.25) is 15.9 Å². The Morgan fingerprint density at radius 3 is 2.47 bits per heavy atom. The van der Waals surface area contributed by atoms with Gasteiger partial charge in [0.1, 0.15) is 5.75 Å². The molecule has 1 fully saturated rings. The predicted octanol–water partition coefficient (Wildman–Crippen LogP) is 2.60. The molecule has 1 heterocycles. The molecule has 0 spiro atoms. The van der Waals surface area contributed by atoms with Gasteiger partial charge in [-0.25, -0.2) is 8.42 Å². The van der Waals surface area contributed by atoms with Crippen LogP contribution in [0.15, 0.2) is 47.4 Å². The van der Waals surface area contributed by atoms with Crippen molar-refractivity contribution in [1.82, 2.24) is 9.21 Å². The summed E-state index contributed by atoms with van der Waals surface area (Å²) in [4.78, 5) is 14.7. The zero-order valence-corrected chi connectivity index (χ0v) is 19.5. The summed E-state index contributed by atoms with van der Waals surface area (Å²) < 4.78 is 33.3. The zero-order valence-electron chi connectivity index (χ0n) is 18.7. The summed E-state index contributed by atoms with van der Waals surface area (Å²) in [5.41, 5.74) is 1.84. The monoisotopic (exact) mass is 456 g/mol. The Morgan fingerprint density at radius 2 is 1.84 bits per heavy atom. The lowest BCUT2D eigenvalue weighted by molar-refractivity contribution is -0.118. The van der Waals surface area contributed by atoms with Crippen molar-refractivity contribution in [2.75, 3.05) is 32.1 Å². The SMILES string of the molecule is COc1cccc(NC(=O)CN2C[C@@H](C)N(S(=O)(=O)c3cccc(C#N)c3)[C@@H](C)C2)c1C. The largest absolute Gasteiger partial charge is 0.496 e. The van der Waals surface area contributed by atoms with E-state index in [-0.39, 0.29) is 29.4 Å². The first-order valence-electron chi connectivity index (χ1n) is 10.4. The van der Waals surface area contributed by atoms with Crippen molar-refractivity contribution in [2.45, 2.75) is 37.8 Å². The van der Waals surface area contributed by atoms with Gasteiger partial charge in [-0.15, -0.1) is 0 Å². The van der Waals surface area contributed by atoms with E-state index in [0.29, 0.717) is 30.1 Å². The molecular formula is C23H28N4O4S. The number of ether oxygens (including phenoxy) is 1. The number of piperazine rings is 1. The number of hydrogen-bond acceptors (Lipinski definition) is 6. The van der Waals surface area contributed by atoms with E-state index in [1.54, 1.807) is 19.2 Å². The summed E-state index contributed by atoms with van der Waals surface area (Å²) in [5, 5.41) is 12.0. The third kappa shape index (κ3) is 4.93. The van der Waals surface area contributed by atoms with Crippen LogP contribution in [-0.4, -0.2) is 62.4 Å². The van der Waals surface area contributed by atoms with Gasteiger partial charge in [-0.05, 0) is 51.1 Å². The Hall–Kier alpha value is -2.93. The molecule has 1 aliphatic rings. The molecule has 1 aliphatic heterocycles. The number of sulfonamides is 1. The van der Waals surface area contributed by atoms with Crippen molar-refractivity contribution in [3.63, 3.8) is 0 Å². The lowest BCUT2D eigenvalue weighted by Crippen LogP contribution is -2.59. The normalized spacial score (nSPS) is 19.8. The maximum absolute atomic E-state index is 13.3. The molecule has 0 saturated carbocycles. The average molecular weight is 457 g/mol. The molecule has 1 saturated heterocycles. The van der Waals surface area contributed by atoms with Crippen molar-refractivity contribution in [2.24, 2.45) is 0 Å². The Labute approximate surface area is 189 Å². The summed E-state index contributed by atoms with van der Waals surface area (Å²) in [7, 11) is -2.18. The maximum atomic E-state index is 13.3. The minimum absolute atomic E-state index is 0.106. The Bertz CT molecular complexity index is 1130. The minimum Gasteiger partial charge on any atom is -0.496 e. The number of amides is 1. The first kappa shape index (κ1) is 23.7. The van der Waals surface area contributed by atoms with Gasteiger partial charge in [-0.2, -0.15) is 9.57 Å². The molecule has 0 aliphatic carbocycles. The van der Waals surface area contributed by atoms with Crippen LogP contribution >= 0.6 is 0 Å². The first-order valence-corrected chi connectivity index (χ1v) is 11.8. The van der Waals surface area contributed by atoms with Crippen LogP contribution < -0.4 is 10.1 Å². The highest BCUT2D eigenvalue weighted by atomic mass is 32.2. The van der Waals surface area contributed by atoms with Crippen molar-refractivity contribution >= 4 is 21.6 Å². The molecule has 170 valence electrons. The minimum atomic E-state index is -3.77. The summed E-state index contributed by atoms with van der Waals surface area (Å²) in [6, 6.07) is 12.8. The van der Waals surface area contributed by atoms with E-state index in [1.807, 2.05) is 49.9 Å². The molecule has 8 nitrogen and oxygen atoms in total. The molecule has 0 bridgehead atoms. The molecule has 0 aromatic heterocycles. The number of carbonyl (C=O) groups is 1. The van der Waals surface area contributed by atoms with Gasteiger partial charge in [0, 0.05) is 36.4 Å². The number of rotatable bonds is 6. The summed E-state index contributed by atoms with van der Waals surface area (Å²) >= 11 is 0. The van der Waals surface area contributed by atoms with E-state index >= 15 is 0 Å². The van der Waals surface area contributed by atoms with Gasteiger partial charge >= 0.3 is 0 Å². The van der Waals surface area contributed by atoms with E-state index in [9.17, 15) is 13.2 Å². The highest BCUT2D eigenvalue weighted by Crippen LogP contribution is 2.27. The van der Waals surface area contributed by atoms with Gasteiger partial charge in [0.05, 0.1) is 30.2 Å². The molecule has 9 heteroatoms. The van der Waals surface area contributed by atoms with Crippen molar-refractivity contribution < 1.29 is 17.9 Å². The third-order valence-corrected chi connectivity index (χ3v) is 7.72. The smallest absolute Gasteiger partial charge is 0.243 e. The summed E-state index contributed by atoms with van der Waals surface area (Å²) in [6.07, 6.45) is 0. The molecule has 3 rings (SSSR count). The molecular weight excluding hydrogens is 428 g/mol. The van der Waals surface area contributed by atoms with Crippen LogP contribution in [0.25, 0.3) is 0 Å². The van der Waals surface area contributed by atoms with Crippen LogP contribution in [0.1, 0.15) is 25.0 Å². The number of nitrogens with one attached hydrogen (secondary N) is 1. The fourth-order valence-electron chi connectivity index (χ4n) is 4.23. The van der Waals surface area contributed by atoms with Crippen LogP contribution in [0.5, 0.6) is 5.75 Å². The lowest BCUT2D eigenvalue weighted by atomic mass is 10.1. The van der Waals surface area contributed by atoms with E-state index < -0.39 is 10.0 Å². The van der Waals surface area contributed by atoms with Crippen LogP contribution in [0.4, 0.5) is 5.69 Å². The van der Waals surface area contributed by atoms with E-state index in [0.717, 1.165) is 5.56 Å². The van der Waals surface area contributed by atoms with E-state index in [1.165, 1.54) is 16.4 Å². The highest BCUT2D eigenvalue weighted by molar-refractivity contribution is 7.89. The summed E-state index contributed by atoms with van der Waals surface area (Å²) in [6.45, 7) is 6.54. The Kier molecular flexibility index (Phi) is 7.19. The number of benzene rings is 2. The second-order valence-electron chi connectivity index (χ2n) is 8.05. The molecule has 0 unspecified atom stereocenters. The number of nitrogens with zero attached hydrogens (tertiary/aromatic N) is 3. The van der Waals surface area contributed by atoms with Gasteiger partial charge < -0.3 is 10.1 Å².